The summed E-state index contributed by atoms with van der Waals surface area (Å²) in [7, 11) is -3.87. The van der Waals surface area contributed by atoms with Crippen LogP contribution in [0.5, 0.6) is 0 Å². The summed E-state index contributed by atoms with van der Waals surface area (Å²) in [5.41, 5.74) is 7.38. The topological polar surface area (TPSA) is 72.2 Å². The molecule has 20 heavy (non-hydrogen) atoms. The highest BCUT2D eigenvalue weighted by atomic mass is 32.2. The molecular weight excluding hydrogens is 279 g/mol. The summed E-state index contributed by atoms with van der Waals surface area (Å²) in [5, 5.41) is 0. The van der Waals surface area contributed by atoms with E-state index in [-0.39, 0.29) is 10.6 Å². The molecule has 0 atom stereocenters. The Morgan fingerprint density at radius 3 is 2.40 bits per heavy atom. The zero-order valence-electron chi connectivity index (χ0n) is 11.1. The zero-order chi connectivity index (χ0) is 14.9. The summed E-state index contributed by atoms with van der Waals surface area (Å²) in [5.74, 6) is -0.625. The van der Waals surface area contributed by atoms with Crippen LogP contribution in [0.25, 0.3) is 0 Å². The van der Waals surface area contributed by atoms with Crippen LogP contribution >= 0.6 is 0 Å². The van der Waals surface area contributed by atoms with E-state index in [9.17, 15) is 12.8 Å². The quantitative estimate of drug-likeness (QED) is 0.855. The minimum atomic E-state index is -3.87. The number of halogens is 1. The normalized spacial score (nSPS) is 11.3. The molecule has 0 aromatic heterocycles. The summed E-state index contributed by atoms with van der Waals surface area (Å²) >= 11 is 0. The van der Waals surface area contributed by atoms with E-state index in [1.54, 1.807) is 26.0 Å². The highest BCUT2D eigenvalue weighted by Crippen LogP contribution is 2.22. The monoisotopic (exact) mass is 294 g/mol. The number of sulfonamides is 1. The number of nitrogens with two attached hydrogens (primary N) is 1. The Morgan fingerprint density at radius 2 is 1.75 bits per heavy atom. The molecule has 3 N–H and O–H groups in total. The van der Waals surface area contributed by atoms with Crippen molar-refractivity contribution in [1.82, 2.24) is 0 Å². The van der Waals surface area contributed by atoms with E-state index in [1.807, 2.05) is 0 Å². The van der Waals surface area contributed by atoms with Gasteiger partial charge in [-0.2, -0.15) is 0 Å². The van der Waals surface area contributed by atoms with Crippen LogP contribution in [0, 0.1) is 19.7 Å². The summed E-state index contributed by atoms with van der Waals surface area (Å²) in [6, 6.07) is 8.70. The lowest BCUT2D eigenvalue weighted by molar-refractivity contribution is 0.598. The van der Waals surface area contributed by atoms with E-state index in [0.717, 1.165) is 11.1 Å². The molecule has 0 spiro atoms. The van der Waals surface area contributed by atoms with E-state index in [0.29, 0.717) is 5.69 Å². The molecule has 4 nitrogen and oxygen atoms in total. The number of benzene rings is 2. The second-order valence-corrected chi connectivity index (χ2v) is 6.35. The average Bonchev–Trinajstić information content (AvgIpc) is 2.32. The van der Waals surface area contributed by atoms with Crippen molar-refractivity contribution in [2.45, 2.75) is 18.7 Å². The van der Waals surface area contributed by atoms with E-state index in [1.165, 1.54) is 24.3 Å². The molecule has 6 heteroatoms. The van der Waals surface area contributed by atoms with Gasteiger partial charge in [0.05, 0.1) is 10.6 Å². The smallest absolute Gasteiger partial charge is 0.262 e. The number of nitrogen functional groups attached to an aromatic ring is 1. The Labute approximate surface area is 117 Å². The molecule has 0 amide bonds. The molecule has 0 unspecified atom stereocenters. The number of anilines is 2. The molecule has 2 aromatic carbocycles. The van der Waals surface area contributed by atoms with Gasteiger partial charge in [-0.3, -0.25) is 4.72 Å². The van der Waals surface area contributed by atoms with Gasteiger partial charge in [0.25, 0.3) is 10.0 Å². The van der Waals surface area contributed by atoms with E-state index < -0.39 is 15.8 Å². The summed E-state index contributed by atoms with van der Waals surface area (Å²) in [6.07, 6.45) is 0. The maximum atomic E-state index is 13.6. The molecule has 106 valence electrons. The van der Waals surface area contributed by atoms with Crippen molar-refractivity contribution in [3.63, 3.8) is 0 Å². The molecule has 2 rings (SSSR count). The Bertz CT molecular complexity index is 738. The highest BCUT2D eigenvalue weighted by Gasteiger charge is 2.17. The van der Waals surface area contributed by atoms with Crippen LogP contribution < -0.4 is 10.5 Å². The van der Waals surface area contributed by atoms with Crippen LogP contribution in [0.15, 0.2) is 41.3 Å². The van der Waals surface area contributed by atoms with Gasteiger partial charge < -0.3 is 5.73 Å². The molecule has 0 fully saturated rings. The van der Waals surface area contributed by atoms with Gasteiger partial charge in [0.1, 0.15) is 5.82 Å². The van der Waals surface area contributed by atoms with Crippen molar-refractivity contribution in [1.29, 1.82) is 0 Å². The van der Waals surface area contributed by atoms with Crippen molar-refractivity contribution in [2.24, 2.45) is 0 Å². The Balaban J connectivity index is 2.43. The van der Waals surface area contributed by atoms with Crippen LogP contribution in [0.4, 0.5) is 15.8 Å². The van der Waals surface area contributed by atoms with Gasteiger partial charge >= 0.3 is 0 Å². The molecule has 0 aliphatic carbocycles. The van der Waals surface area contributed by atoms with Crippen molar-refractivity contribution in [3.05, 3.63) is 53.3 Å². The van der Waals surface area contributed by atoms with Crippen LogP contribution in [0.3, 0.4) is 0 Å². The molecule has 0 radical (unpaired) electrons. The minimum absolute atomic E-state index is 0.0101. The summed E-state index contributed by atoms with van der Waals surface area (Å²) in [4.78, 5) is 0.0101. The van der Waals surface area contributed by atoms with Crippen LogP contribution in [0.1, 0.15) is 11.1 Å². The largest absolute Gasteiger partial charge is 0.399 e. The van der Waals surface area contributed by atoms with Gasteiger partial charge in [-0.1, -0.05) is 6.07 Å². The van der Waals surface area contributed by atoms with Crippen molar-refractivity contribution in [2.75, 3.05) is 10.5 Å². The van der Waals surface area contributed by atoms with Crippen LogP contribution in [0.2, 0.25) is 0 Å². The first-order valence-electron chi connectivity index (χ1n) is 5.94. The molecule has 2 aromatic rings. The average molecular weight is 294 g/mol. The number of aryl methyl sites for hydroxylation is 2. The lowest BCUT2D eigenvalue weighted by Gasteiger charge is -2.11. The summed E-state index contributed by atoms with van der Waals surface area (Å²) in [6.45, 7) is 3.49. The van der Waals surface area contributed by atoms with Gasteiger partial charge in [-0.25, -0.2) is 12.8 Å². The van der Waals surface area contributed by atoms with Gasteiger partial charge in [-0.15, -0.1) is 0 Å². The van der Waals surface area contributed by atoms with Crippen LogP contribution in [-0.2, 0) is 10.0 Å². The van der Waals surface area contributed by atoms with Gasteiger partial charge in [0, 0.05) is 5.69 Å². The highest BCUT2D eigenvalue weighted by molar-refractivity contribution is 7.92. The minimum Gasteiger partial charge on any atom is -0.399 e. The molecule has 0 heterocycles. The maximum absolute atomic E-state index is 13.6. The molecule has 0 saturated heterocycles. The van der Waals surface area contributed by atoms with E-state index >= 15 is 0 Å². The fourth-order valence-corrected chi connectivity index (χ4v) is 3.05. The van der Waals surface area contributed by atoms with Gasteiger partial charge in [0.2, 0.25) is 0 Å². The predicted molar refractivity (Wildman–Crippen MR) is 77.5 cm³/mol. The third kappa shape index (κ3) is 3.08. The number of hydrogen-bond acceptors (Lipinski definition) is 3. The third-order valence-corrected chi connectivity index (χ3v) is 4.09. The van der Waals surface area contributed by atoms with Gasteiger partial charge in [-0.05, 0) is 55.3 Å². The summed E-state index contributed by atoms with van der Waals surface area (Å²) < 4.78 is 40.3. The first-order valence-corrected chi connectivity index (χ1v) is 7.42. The fourth-order valence-electron chi connectivity index (χ4n) is 1.85. The van der Waals surface area contributed by atoms with Crippen molar-refractivity contribution in [3.8, 4) is 0 Å². The number of nitrogens with one attached hydrogen (secondary N) is 1. The van der Waals surface area contributed by atoms with E-state index in [2.05, 4.69) is 4.72 Å². The SMILES string of the molecule is Cc1cc(N)cc(S(=O)(=O)Nc2cc(C)ccc2F)c1. The predicted octanol–water partition coefficient (Wildman–Crippen LogP) is 2.83. The first-order chi connectivity index (χ1) is 9.28. The Morgan fingerprint density at radius 1 is 1.05 bits per heavy atom. The Hall–Kier alpha value is -2.08. The molecule has 0 bridgehead atoms. The van der Waals surface area contributed by atoms with E-state index in [4.69, 9.17) is 5.73 Å². The number of hydrogen-bond donors (Lipinski definition) is 2. The molecular formula is C14H15FN2O2S. The second kappa shape index (κ2) is 5.13. The molecule has 0 saturated carbocycles. The Kier molecular flexibility index (Phi) is 3.67. The van der Waals surface area contributed by atoms with Crippen molar-refractivity contribution >= 4 is 21.4 Å². The van der Waals surface area contributed by atoms with Crippen molar-refractivity contribution < 1.29 is 12.8 Å². The number of rotatable bonds is 3. The second-order valence-electron chi connectivity index (χ2n) is 4.67. The lowest BCUT2D eigenvalue weighted by atomic mass is 10.2. The first kappa shape index (κ1) is 14.3. The fraction of sp³-hybridized carbons (Fsp3) is 0.143. The third-order valence-electron chi connectivity index (χ3n) is 2.75. The van der Waals surface area contributed by atoms with Gasteiger partial charge in [0.15, 0.2) is 0 Å². The molecule has 0 aliphatic rings. The standard InChI is InChI=1S/C14H15FN2O2S/c1-9-3-4-13(15)14(7-9)17-20(18,19)12-6-10(2)5-11(16)8-12/h3-8,17H,16H2,1-2H3. The lowest BCUT2D eigenvalue weighted by Crippen LogP contribution is -2.14. The maximum Gasteiger partial charge on any atom is 0.262 e. The molecule has 0 aliphatic heterocycles. The van der Waals surface area contributed by atoms with Crippen LogP contribution in [-0.4, -0.2) is 8.42 Å². The zero-order valence-corrected chi connectivity index (χ0v) is 12.0.